The van der Waals surface area contributed by atoms with E-state index in [1.807, 2.05) is 12.1 Å². The summed E-state index contributed by atoms with van der Waals surface area (Å²) in [5.41, 5.74) is 5.27. The molecule has 144 valence electrons. The summed E-state index contributed by atoms with van der Waals surface area (Å²) in [6.07, 6.45) is 8.20. The molecule has 4 aromatic rings. The number of ether oxygens (including phenoxy) is 1. The van der Waals surface area contributed by atoms with Gasteiger partial charge in [-0.2, -0.15) is 4.98 Å². The lowest BCUT2D eigenvalue weighted by Crippen LogP contribution is -2.16. The lowest BCUT2D eigenvalue weighted by Gasteiger charge is -2.16. The summed E-state index contributed by atoms with van der Waals surface area (Å²) >= 11 is 6.32. The highest BCUT2D eigenvalue weighted by molar-refractivity contribution is 6.28. The summed E-state index contributed by atoms with van der Waals surface area (Å²) < 4.78 is 6.09. The van der Waals surface area contributed by atoms with Gasteiger partial charge in [-0.3, -0.25) is 0 Å². The van der Waals surface area contributed by atoms with Gasteiger partial charge in [-0.05, 0) is 39.6 Å². The zero-order valence-electron chi connectivity index (χ0n) is 16.0. The van der Waals surface area contributed by atoms with Crippen LogP contribution in [0.15, 0.2) is 91.0 Å². The van der Waals surface area contributed by atoms with Crippen LogP contribution in [0, 0.1) is 0 Å². The maximum Gasteiger partial charge on any atom is 0.226 e. The Labute approximate surface area is 179 Å². The highest BCUT2D eigenvalue weighted by Gasteiger charge is 2.37. The SMILES string of the molecule is Clc1nc2c(c(-c3ccc(-c4ccccc4)c4ccccc34)n1)C1C=CC=CC1O2. The van der Waals surface area contributed by atoms with Crippen molar-refractivity contribution in [1.82, 2.24) is 9.97 Å². The monoisotopic (exact) mass is 408 g/mol. The summed E-state index contributed by atoms with van der Waals surface area (Å²) in [5.74, 6) is 0.664. The third-order valence-electron chi connectivity index (χ3n) is 5.81. The van der Waals surface area contributed by atoms with Gasteiger partial charge in [0.25, 0.3) is 0 Å². The lowest BCUT2D eigenvalue weighted by molar-refractivity contribution is 0.260. The fraction of sp³-hybridized carbons (Fsp3) is 0.0769. The summed E-state index contributed by atoms with van der Waals surface area (Å²) in [4.78, 5) is 9.05. The molecule has 0 spiro atoms. The van der Waals surface area contributed by atoms with Crippen LogP contribution in [-0.2, 0) is 0 Å². The Morgan fingerprint density at radius 1 is 0.733 bits per heavy atom. The van der Waals surface area contributed by atoms with Crippen molar-refractivity contribution in [1.29, 1.82) is 0 Å². The Bertz CT molecular complexity index is 1340. The van der Waals surface area contributed by atoms with Gasteiger partial charge in [0.2, 0.25) is 11.2 Å². The van der Waals surface area contributed by atoms with E-state index in [1.54, 1.807) is 0 Å². The maximum absolute atomic E-state index is 6.32. The molecule has 1 aliphatic carbocycles. The number of hydrogen-bond acceptors (Lipinski definition) is 3. The van der Waals surface area contributed by atoms with Crippen LogP contribution in [0.1, 0.15) is 11.5 Å². The zero-order valence-corrected chi connectivity index (χ0v) is 16.8. The Hall–Kier alpha value is -3.43. The topological polar surface area (TPSA) is 35.0 Å². The largest absolute Gasteiger partial charge is 0.469 e. The maximum atomic E-state index is 6.32. The fourth-order valence-corrected chi connectivity index (χ4v) is 4.64. The molecular weight excluding hydrogens is 392 g/mol. The van der Waals surface area contributed by atoms with Crippen LogP contribution < -0.4 is 4.74 Å². The minimum Gasteiger partial charge on any atom is -0.469 e. The Balaban J connectivity index is 1.62. The standard InChI is InChI=1S/C26H17ClN2O/c27-26-28-24(23-21-12-6-7-13-22(21)30-25(23)29-26)20-15-14-17(16-8-2-1-3-9-16)18-10-4-5-11-19(18)20/h1-15,21-22H. The van der Waals surface area contributed by atoms with Gasteiger partial charge in [0.1, 0.15) is 6.10 Å². The van der Waals surface area contributed by atoms with Crippen molar-refractivity contribution < 1.29 is 4.74 Å². The van der Waals surface area contributed by atoms with Gasteiger partial charge in [-0.25, -0.2) is 4.98 Å². The molecule has 1 aliphatic heterocycles. The molecule has 3 nitrogen and oxygen atoms in total. The number of allylic oxidation sites excluding steroid dienone is 2. The molecule has 0 saturated carbocycles. The summed E-state index contributed by atoms with van der Waals surface area (Å²) in [6.45, 7) is 0. The second-order valence-electron chi connectivity index (χ2n) is 7.51. The fourth-order valence-electron chi connectivity index (χ4n) is 4.48. The first-order valence-corrected chi connectivity index (χ1v) is 10.3. The Morgan fingerprint density at radius 2 is 1.43 bits per heavy atom. The van der Waals surface area contributed by atoms with E-state index in [-0.39, 0.29) is 17.3 Å². The molecule has 6 rings (SSSR count). The van der Waals surface area contributed by atoms with Gasteiger partial charge in [-0.1, -0.05) is 85.0 Å². The van der Waals surface area contributed by atoms with Crippen LogP contribution in [0.5, 0.6) is 5.88 Å². The Kier molecular flexibility index (Phi) is 3.96. The molecule has 0 bridgehead atoms. The van der Waals surface area contributed by atoms with E-state index >= 15 is 0 Å². The molecule has 0 fully saturated rings. The van der Waals surface area contributed by atoms with Crippen LogP contribution in [0.3, 0.4) is 0 Å². The summed E-state index contributed by atoms with van der Waals surface area (Å²) in [6, 6.07) is 23.2. The van der Waals surface area contributed by atoms with E-state index in [0.717, 1.165) is 22.2 Å². The third-order valence-corrected chi connectivity index (χ3v) is 5.98. The van der Waals surface area contributed by atoms with Crippen LogP contribution >= 0.6 is 11.6 Å². The number of fused-ring (bicyclic) bond motifs is 4. The smallest absolute Gasteiger partial charge is 0.226 e. The summed E-state index contributed by atoms with van der Waals surface area (Å²) in [7, 11) is 0. The molecule has 2 atom stereocenters. The molecule has 0 saturated heterocycles. The van der Waals surface area contributed by atoms with Gasteiger partial charge in [0.15, 0.2) is 0 Å². The first kappa shape index (κ1) is 17.4. The average Bonchev–Trinajstić information content (AvgIpc) is 3.16. The van der Waals surface area contributed by atoms with Gasteiger partial charge in [0, 0.05) is 5.56 Å². The molecule has 30 heavy (non-hydrogen) atoms. The van der Waals surface area contributed by atoms with E-state index in [4.69, 9.17) is 16.3 Å². The van der Waals surface area contributed by atoms with Gasteiger partial charge in [0.05, 0.1) is 17.2 Å². The average molecular weight is 409 g/mol. The molecule has 2 heterocycles. The lowest BCUT2D eigenvalue weighted by atomic mass is 9.87. The second kappa shape index (κ2) is 6.82. The van der Waals surface area contributed by atoms with Gasteiger partial charge >= 0.3 is 0 Å². The van der Waals surface area contributed by atoms with E-state index in [2.05, 4.69) is 88.9 Å². The first-order chi connectivity index (χ1) is 14.8. The van der Waals surface area contributed by atoms with Crippen LogP contribution in [0.25, 0.3) is 33.2 Å². The van der Waals surface area contributed by atoms with Crippen LogP contribution in [-0.4, -0.2) is 16.1 Å². The van der Waals surface area contributed by atoms with Crippen LogP contribution in [0.4, 0.5) is 0 Å². The molecular formula is C26H17ClN2O. The molecule has 0 radical (unpaired) electrons. The Morgan fingerprint density at radius 3 is 2.27 bits per heavy atom. The van der Waals surface area contributed by atoms with Crippen molar-refractivity contribution in [2.24, 2.45) is 0 Å². The molecule has 1 aromatic heterocycles. The van der Waals surface area contributed by atoms with Gasteiger partial charge in [-0.15, -0.1) is 0 Å². The van der Waals surface area contributed by atoms with Crippen molar-refractivity contribution in [2.75, 3.05) is 0 Å². The molecule has 2 aliphatic rings. The number of nitrogens with zero attached hydrogens (tertiary/aromatic N) is 2. The van der Waals surface area contributed by atoms with Crippen LogP contribution in [0.2, 0.25) is 5.28 Å². The minimum absolute atomic E-state index is 0.0635. The minimum atomic E-state index is -0.0635. The third kappa shape index (κ3) is 2.66. The van der Waals surface area contributed by atoms with Crippen molar-refractivity contribution >= 4 is 22.4 Å². The number of benzene rings is 3. The van der Waals surface area contributed by atoms with Crippen molar-refractivity contribution in [2.45, 2.75) is 12.0 Å². The highest BCUT2D eigenvalue weighted by Crippen LogP contribution is 2.46. The predicted molar refractivity (Wildman–Crippen MR) is 121 cm³/mol. The molecule has 4 heteroatoms. The predicted octanol–water partition coefficient (Wildman–Crippen LogP) is 6.59. The number of halogens is 1. The van der Waals surface area contributed by atoms with Crippen molar-refractivity contribution in [3.05, 3.63) is 102 Å². The summed E-state index contributed by atoms with van der Waals surface area (Å²) in [5, 5.41) is 2.51. The van der Waals surface area contributed by atoms with E-state index in [9.17, 15) is 0 Å². The quantitative estimate of drug-likeness (QED) is 0.351. The number of hydrogen-bond donors (Lipinski definition) is 0. The van der Waals surface area contributed by atoms with Crippen molar-refractivity contribution in [3.63, 3.8) is 0 Å². The number of rotatable bonds is 2. The van der Waals surface area contributed by atoms with E-state index in [1.165, 1.54) is 16.5 Å². The molecule has 3 aromatic carbocycles. The van der Waals surface area contributed by atoms with E-state index < -0.39 is 0 Å². The first-order valence-electron chi connectivity index (χ1n) is 9.96. The molecule has 0 amide bonds. The van der Waals surface area contributed by atoms with Gasteiger partial charge < -0.3 is 4.74 Å². The molecule has 2 unspecified atom stereocenters. The number of aromatic nitrogens is 2. The zero-order chi connectivity index (χ0) is 20.1. The van der Waals surface area contributed by atoms with Crippen molar-refractivity contribution in [3.8, 4) is 28.3 Å². The normalized spacial score (nSPS) is 18.8. The molecule has 0 N–H and O–H groups in total. The van der Waals surface area contributed by atoms with E-state index in [0.29, 0.717) is 5.88 Å². The highest BCUT2D eigenvalue weighted by atomic mass is 35.5. The second-order valence-corrected chi connectivity index (χ2v) is 7.85.